The number of hydrogen-bond acceptors (Lipinski definition) is 8. The van der Waals surface area contributed by atoms with Gasteiger partial charge in [0.1, 0.15) is 29.2 Å². The first-order chi connectivity index (χ1) is 17.5. The van der Waals surface area contributed by atoms with Gasteiger partial charge in [-0.15, -0.1) is 0 Å². The third-order valence-electron chi connectivity index (χ3n) is 5.22. The summed E-state index contributed by atoms with van der Waals surface area (Å²) in [5.41, 5.74) is 7.99. The fraction of sp³-hybridized carbons (Fsp3) is 0.115. The Hall–Kier alpha value is -4.86. The third kappa shape index (κ3) is 6.17. The van der Waals surface area contributed by atoms with Crippen molar-refractivity contribution in [1.29, 1.82) is 5.41 Å². The smallest absolute Gasteiger partial charge is 0.255 e. The molecule has 1 aromatic carbocycles. The quantitative estimate of drug-likeness (QED) is 0.273. The molecule has 0 aliphatic heterocycles. The average Bonchev–Trinajstić information content (AvgIpc) is 3.42. The van der Waals surface area contributed by atoms with E-state index in [0.29, 0.717) is 35.4 Å². The summed E-state index contributed by atoms with van der Waals surface area (Å²) in [6, 6.07) is 10.3. The number of amides is 1. The van der Waals surface area contributed by atoms with Crippen molar-refractivity contribution >= 4 is 28.8 Å². The number of anilines is 2. The molecule has 3 aromatic rings. The monoisotopic (exact) mass is 485 g/mol. The largest absolute Gasteiger partial charge is 0.382 e. The van der Waals surface area contributed by atoms with Crippen LogP contribution in [0.2, 0.25) is 0 Å². The summed E-state index contributed by atoms with van der Waals surface area (Å²) in [7, 11) is 0. The predicted octanol–water partition coefficient (Wildman–Crippen LogP) is 4.43. The van der Waals surface area contributed by atoms with Gasteiger partial charge in [-0.2, -0.15) is 0 Å². The molecule has 10 heteroatoms. The molecule has 2 aromatic heterocycles. The van der Waals surface area contributed by atoms with Crippen LogP contribution in [0.25, 0.3) is 5.70 Å². The number of aromatic nitrogens is 3. The first-order valence-electron chi connectivity index (χ1n) is 11.2. The lowest BCUT2D eigenvalue weighted by Crippen LogP contribution is -2.19. The standard InChI is InChI=1S/C26H24FN7O2/c27-19-11-7-2-1-4-10-18(19)15-30-22(21-12-13-36-34-21)14-20(28)25-31-16-23(24(29)33-25)32-26(35)17-8-5-3-6-9-17/h1-3,5-6,8-14,16,28,30H,4,7,15H2,(H,32,35)(H2,29,31,33)/b2-1-,18-10-,19-11-,22-14-,28-20?. The van der Waals surface area contributed by atoms with E-state index in [4.69, 9.17) is 15.7 Å². The summed E-state index contributed by atoms with van der Waals surface area (Å²) in [4.78, 5) is 20.7. The molecule has 0 fully saturated rings. The van der Waals surface area contributed by atoms with Crippen molar-refractivity contribution in [2.45, 2.75) is 12.8 Å². The van der Waals surface area contributed by atoms with E-state index in [9.17, 15) is 9.18 Å². The Bertz CT molecular complexity index is 1360. The van der Waals surface area contributed by atoms with Crippen LogP contribution in [-0.2, 0) is 0 Å². The highest BCUT2D eigenvalue weighted by molar-refractivity contribution is 6.08. The Morgan fingerprint density at radius 2 is 1.94 bits per heavy atom. The van der Waals surface area contributed by atoms with Gasteiger partial charge in [-0.05, 0) is 37.1 Å². The summed E-state index contributed by atoms with van der Waals surface area (Å²) in [6.07, 6.45) is 12.5. The topological polar surface area (TPSA) is 143 Å². The molecular formula is C26H24FN7O2. The molecule has 1 aliphatic rings. The highest BCUT2D eigenvalue weighted by atomic mass is 19.1. The van der Waals surface area contributed by atoms with E-state index < -0.39 is 0 Å². The van der Waals surface area contributed by atoms with E-state index in [2.05, 4.69) is 25.8 Å². The molecule has 2 heterocycles. The zero-order valence-electron chi connectivity index (χ0n) is 19.2. The van der Waals surface area contributed by atoms with Crippen molar-refractivity contribution in [3.05, 3.63) is 108 Å². The molecule has 1 aliphatic carbocycles. The normalized spacial score (nSPS) is 17.5. The molecule has 0 radical (unpaired) electrons. The Morgan fingerprint density at radius 1 is 1.17 bits per heavy atom. The van der Waals surface area contributed by atoms with Gasteiger partial charge in [0.2, 0.25) is 0 Å². The minimum Gasteiger partial charge on any atom is -0.382 e. The van der Waals surface area contributed by atoms with Gasteiger partial charge in [0.15, 0.2) is 11.6 Å². The number of carbonyl (C=O) groups excluding carboxylic acids is 1. The fourth-order valence-electron chi connectivity index (χ4n) is 3.33. The number of hydrogen-bond donors (Lipinski definition) is 4. The maximum atomic E-state index is 14.4. The first kappa shape index (κ1) is 24.3. The molecule has 0 saturated carbocycles. The Morgan fingerprint density at radius 3 is 2.67 bits per heavy atom. The number of allylic oxidation sites excluding steroid dienone is 5. The molecule has 0 atom stereocenters. The van der Waals surface area contributed by atoms with Gasteiger partial charge in [0.05, 0.1) is 11.9 Å². The molecular weight excluding hydrogens is 461 g/mol. The van der Waals surface area contributed by atoms with E-state index >= 15 is 0 Å². The Balaban J connectivity index is 1.51. The lowest BCUT2D eigenvalue weighted by Gasteiger charge is -2.12. The van der Waals surface area contributed by atoms with E-state index in [1.54, 1.807) is 36.4 Å². The summed E-state index contributed by atoms with van der Waals surface area (Å²) in [6.45, 7) is 0.176. The number of nitrogens with zero attached hydrogens (tertiary/aromatic N) is 3. The minimum absolute atomic E-state index is 0.0123. The maximum absolute atomic E-state index is 14.4. The van der Waals surface area contributed by atoms with Crippen LogP contribution >= 0.6 is 0 Å². The van der Waals surface area contributed by atoms with Gasteiger partial charge in [-0.1, -0.05) is 41.6 Å². The van der Waals surface area contributed by atoms with Gasteiger partial charge >= 0.3 is 0 Å². The molecule has 36 heavy (non-hydrogen) atoms. The fourth-order valence-corrected chi connectivity index (χ4v) is 3.33. The molecule has 0 unspecified atom stereocenters. The zero-order chi connectivity index (χ0) is 25.3. The SMILES string of the molecule is N=C(/C=C(\NCC1=C/C/C=C\C\C=C\1F)c1ccon1)c1ncc(NC(=O)c2ccccc2)c(N)n1. The van der Waals surface area contributed by atoms with Crippen LogP contribution in [0.15, 0.2) is 95.2 Å². The number of nitrogens with two attached hydrogens (primary N) is 1. The summed E-state index contributed by atoms with van der Waals surface area (Å²) in [5.74, 6) is -0.607. The van der Waals surface area contributed by atoms with Crippen LogP contribution in [0.1, 0.15) is 34.7 Å². The van der Waals surface area contributed by atoms with Crippen LogP contribution in [0, 0.1) is 5.41 Å². The van der Waals surface area contributed by atoms with E-state index in [1.165, 1.54) is 24.6 Å². The van der Waals surface area contributed by atoms with E-state index in [0.717, 1.165) is 0 Å². The van der Waals surface area contributed by atoms with Crippen LogP contribution < -0.4 is 16.4 Å². The molecule has 4 rings (SSSR count). The second-order valence-electron chi connectivity index (χ2n) is 7.75. The van der Waals surface area contributed by atoms with Crippen LogP contribution in [0.3, 0.4) is 0 Å². The Kier molecular flexibility index (Phi) is 7.76. The summed E-state index contributed by atoms with van der Waals surface area (Å²) in [5, 5.41) is 18.2. The number of rotatable bonds is 8. The second kappa shape index (κ2) is 11.5. The van der Waals surface area contributed by atoms with Crippen molar-refractivity contribution in [2.24, 2.45) is 0 Å². The van der Waals surface area contributed by atoms with Crippen molar-refractivity contribution in [3.63, 3.8) is 0 Å². The molecule has 0 saturated heterocycles. The van der Waals surface area contributed by atoms with Crippen LogP contribution in [-0.4, -0.2) is 33.3 Å². The lowest BCUT2D eigenvalue weighted by molar-refractivity contribution is 0.102. The number of halogens is 1. The highest BCUT2D eigenvalue weighted by Crippen LogP contribution is 2.19. The Labute approximate surface area is 206 Å². The lowest BCUT2D eigenvalue weighted by atomic mass is 10.1. The molecule has 0 bridgehead atoms. The van der Waals surface area contributed by atoms with Crippen LogP contribution in [0.4, 0.5) is 15.9 Å². The van der Waals surface area contributed by atoms with Gasteiger partial charge in [-0.25, -0.2) is 14.4 Å². The zero-order valence-corrected chi connectivity index (χ0v) is 19.2. The number of benzene rings is 1. The van der Waals surface area contributed by atoms with Gasteiger partial charge in [-0.3, -0.25) is 10.2 Å². The molecule has 1 amide bonds. The summed E-state index contributed by atoms with van der Waals surface area (Å²) < 4.78 is 19.4. The first-order valence-corrected chi connectivity index (χ1v) is 11.2. The summed E-state index contributed by atoms with van der Waals surface area (Å²) >= 11 is 0. The van der Waals surface area contributed by atoms with E-state index in [-0.39, 0.29) is 41.3 Å². The number of carbonyl (C=O) groups is 1. The minimum atomic E-state index is -0.355. The maximum Gasteiger partial charge on any atom is 0.255 e. The molecule has 0 spiro atoms. The van der Waals surface area contributed by atoms with Crippen molar-refractivity contribution in [3.8, 4) is 0 Å². The van der Waals surface area contributed by atoms with Crippen molar-refractivity contribution in [1.82, 2.24) is 20.4 Å². The average molecular weight is 486 g/mol. The molecule has 5 N–H and O–H groups in total. The second-order valence-corrected chi connectivity index (χ2v) is 7.75. The highest BCUT2D eigenvalue weighted by Gasteiger charge is 2.14. The number of nitrogen functional groups attached to an aromatic ring is 1. The number of nitrogens with one attached hydrogen (secondary N) is 3. The third-order valence-corrected chi connectivity index (χ3v) is 5.22. The molecule has 9 nitrogen and oxygen atoms in total. The predicted molar refractivity (Wildman–Crippen MR) is 136 cm³/mol. The van der Waals surface area contributed by atoms with Gasteiger partial charge < -0.3 is 20.9 Å². The van der Waals surface area contributed by atoms with E-state index in [1.807, 2.05) is 18.2 Å². The van der Waals surface area contributed by atoms with Crippen LogP contribution in [0.5, 0.6) is 0 Å². The van der Waals surface area contributed by atoms with Crippen molar-refractivity contribution < 1.29 is 13.7 Å². The molecule has 182 valence electrons. The van der Waals surface area contributed by atoms with Gasteiger partial charge in [0, 0.05) is 23.7 Å². The van der Waals surface area contributed by atoms with Crippen molar-refractivity contribution in [2.75, 3.05) is 17.6 Å². The van der Waals surface area contributed by atoms with Gasteiger partial charge in [0.25, 0.3) is 5.91 Å².